The van der Waals surface area contributed by atoms with E-state index in [1.165, 1.54) is 6.07 Å². The number of aromatic nitrogens is 2. The van der Waals surface area contributed by atoms with Crippen molar-refractivity contribution in [1.29, 1.82) is 0 Å². The maximum absolute atomic E-state index is 11.2. The Morgan fingerprint density at radius 1 is 1.71 bits per heavy atom. The molecule has 0 saturated carbocycles. The molecule has 1 aromatic rings. The van der Waals surface area contributed by atoms with Crippen LogP contribution >= 0.6 is 0 Å². The summed E-state index contributed by atoms with van der Waals surface area (Å²) in [5, 5.41) is 2.98. The van der Waals surface area contributed by atoms with Gasteiger partial charge >= 0.3 is 0 Å². The van der Waals surface area contributed by atoms with E-state index in [-0.39, 0.29) is 11.5 Å². The Bertz CT molecular complexity index is 368. The van der Waals surface area contributed by atoms with Crippen LogP contribution in [-0.4, -0.2) is 16.5 Å². The molecule has 0 amide bonds. The number of H-pyrrole nitrogens is 1. The van der Waals surface area contributed by atoms with Gasteiger partial charge in [0, 0.05) is 18.5 Å². The van der Waals surface area contributed by atoms with E-state index in [2.05, 4.69) is 21.9 Å². The number of hydrogen-bond donors (Lipinski definition) is 2. The number of nitrogens with zero attached hydrogens (tertiary/aromatic N) is 1. The summed E-state index contributed by atoms with van der Waals surface area (Å²) >= 11 is 0. The van der Waals surface area contributed by atoms with Crippen LogP contribution in [0.4, 0.5) is 5.82 Å². The Hall–Kier alpha value is -1.58. The lowest BCUT2D eigenvalue weighted by atomic mass is 10.2. The van der Waals surface area contributed by atoms with Crippen LogP contribution in [0.25, 0.3) is 0 Å². The second-order valence-electron chi connectivity index (χ2n) is 3.34. The molecular formula is C10H15N3O. The molecule has 76 valence electrons. The maximum atomic E-state index is 11.2. The third-order valence-corrected chi connectivity index (χ3v) is 1.73. The Morgan fingerprint density at radius 2 is 2.43 bits per heavy atom. The SMILES string of the molecule is C=CCNc1cc(=O)[nH]c(C(C)C)n1. The number of hydrogen-bond acceptors (Lipinski definition) is 3. The third-order valence-electron chi connectivity index (χ3n) is 1.73. The summed E-state index contributed by atoms with van der Waals surface area (Å²) in [4.78, 5) is 18.2. The van der Waals surface area contributed by atoms with E-state index in [0.29, 0.717) is 18.2 Å². The van der Waals surface area contributed by atoms with Crippen LogP contribution < -0.4 is 10.9 Å². The zero-order valence-electron chi connectivity index (χ0n) is 8.50. The molecule has 0 unspecified atom stereocenters. The highest BCUT2D eigenvalue weighted by atomic mass is 16.1. The van der Waals surface area contributed by atoms with Crippen molar-refractivity contribution in [3.63, 3.8) is 0 Å². The maximum Gasteiger partial charge on any atom is 0.252 e. The summed E-state index contributed by atoms with van der Waals surface area (Å²) in [6.45, 7) is 8.15. The summed E-state index contributed by atoms with van der Waals surface area (Å²) in [5.41, 5.74) is -0.129. The highest BCUT2D eigenvalue weighted by Crippen LogP contribution is 2.08. The van der Waals surface area contributed by atoms with Crippen LogP contribution in [0.1, 0.15) is 25.6 Å². The summed E-state index contributed by atoms with van der Waals surface area (Å²) in [7, 11) is 0. The van der Waals surface area contributed by atoms with Gasteiger partial charge in [-0.05, 0) is 0 Å². The summed E-state index contributed by atoms with van der Waals surface area (Å²) in [6, 6.07) is 1.44. The molecule has 14 heavy (non-hydrogen) atoms. The van der Waals surface area contributed by atoms with E-state index < -0.39 is 0 Å². The van der Waals surface area contributed by atoms with E-state index in [1.54, 1.807) is 6.08 Å². The number of anilines is 1. The van der Waals surface area contributed by atoms with Crippen molar-refractivity contribution in [3.8, 4) is 0 Å². The zero-order valence-corrected chi connectivity index (χ0v) is 8.50. The molecule has 0 aromatic carbocycles. The van der Waals surface area contributed by atoms with E-state index >= 15 is 0 Å². The van der Waals surface area contributed by atoms with Crippen molar-refractivity contribution < 1.29 is 0 Å². The van der Waals surface area contributed by atoms with Crippen molar-refractivity contribution in [3.05, 3.63) is 34.9 Å². The lowest BCUT2D eigenvalue weighted by Crippen LogP contribution is -2.14. The van der Waals surface area contributed by atoms with Gasteiger partial charge in [0.15, 0.2) is 0 Å². The molecule has 0 spiro atoms. The van der Waals surface area contributed by atoms with Crippen molar-refractivity contribution in [2.75, 3.05) is 11.9 Å². The Kier molecular flexibility index (Phi) is 3.45. The first-order valence-corrected chi connectivity index (χ1v) is 4.59. The molecule has 0 bridgehead atoms. The minimum atomic E-state index is -0.129. The monoisotopic (exact) mass is 193 g/mol. The van der Waals surface area contributed by atoms with Gasteiger partial charge in [-0.1, -0.05) is 19.9 Å². The second-order valence-corrected chi connectivity index (χ2v) is 3.34. The van der Waals surface area contributed by atoms with Crippen LogP contribution in [0.5, 0.6) is 0 Å². The quantitative estimate of drug-likeness (QED) is 0.712. The molecule has 0 aliphatic heterocycles. The summed E-state index contributed by atoms with van der Waals surface area (Å²) < 4.78 is 0. The molecule has 4 heteroatoms. The largest absolute Gasteiger partial charge is 0.366 e. The standard InChI is InChI=1S/C10H15N3O/c1-4-5-11-8-6-9(14)13-10(12-8)7(2)3/h4,6-7H,1,5H2,2-3H3,(H2,11,12,13,14). The Morgan fingerprint density at radius 3 is 3.00 bits per heavy atom. The molecule has 0 atom stereocenters. The van der Waals surface area contributed by atoms with Crippen LogP contribution in [0.3, 0.4) is 0 Å². The van der Waals surface area contributed by atoms with Gasteiger partial charge in [0.2, 0.25) is 0 Å². The first kappa shape index (κ1) is 10.5. The summed E-state index contributed by atoms with van der Waals surface area (Å²) in [6.07, 6.45) is 1.72. The zero-order chi connectivity index (χ0) is 10.6. The van der Waals surface area contributed by atoms with Gasteiger partial charge in [0.25, 0.3) is 5.56 Å². The van der Waals surface area contributed by atoms with Gasteiger partial charge in [-0.3, -0.25) is 4.79 Å². The van der Waals surface area contributed by atoms with Gasteiger partial charge in [0.05, 0.1) is 0 Å². The molecule has 1 heterocycles. The van der Waals surface area contributed by atoms with Gasteiger partial charge < -0.3 is 10.3 Å². The van der Waals surface area contributed by atoms with Crippen LogP contribution in [0.2, 0.25) is 0 Å². The predicted octanol–water partition coefficient (Wildman–Crippen LogP) is 1.49. The topological polar surface area (TPSA) is 57.8 Å². The van der Waals surface area contributed by atoms with E-state index in [0.717, 1.165) is 0 Å². The summed E-state index contributed by atoms with van der Waals surface area (Å²) in [5.74, 6) is 1.51. The third kappa shape index (κ3) is 2.73. The fourth-order valence-electron chi connectivity index (χ4n) is 1.02. The van der Waals surface area contributed by atoms with Crippen LogP contribution in [0, 0.1) is 0 Å². The minimum Gasteiger partial charge on any atom is -0.366 e. The van der Waals surface area contributed by atoms with E-state index in [1.807, 2.05) is 13.8 Å². The van der Waals surface area contributed by atoms with E-state index in [4.69, 9.17) is 0 Å². The second kappa shape index (κ2) is 4.60. The van der Waals surface area contributed by atoms with Gasteiger partial charge in [-0.15, -0.1) is 6.58 Å². The molecule has 2 N–H and O–H groups in total. The highest BCUT2D eigenvalue weighted by molar-refractivity contribution is 5.33. The lowest BCUT2D eigenvalue weighted by Gasteiger charge is -2.07. The van der Waals surface area contributed by atoms with E-state index in [9.17, 15) is 4.79 Å². The van der Waals surface area contributed by atoms with Crippen molar-refractivity contribution in [1.82, 2.24) is 9.97 Å². The number of nitrogens with one attached hydrogen (secondary N) is 2. The number of rotatable bonds is 4. The van der Waals surface area contributed by atoms with Crippen molar-refractivity contribution in [2.24, 2.45) is 0 Å². The fraction of sp³-hybridized carbons (Fsp3) is 0.400. The number of aromatic amines is 1. The molecule has 0 fully saturated rings. The van der Waals surface area contributed by atoms with Crippen LogP contribution in [0.15, 0.2) is 23.5 Å². The molecule has 0 saturated heterocycles. The molecule has 0 radical (unpaired) electrons. The molecule has 0 aliphatic carbocycles. The first-order valence-electron chi connectivity index (χ1n) is 4.59. The van der Waals surface area contributed by atoms with Crippen LogP contribution in [-0.2, 0) is 0 Å². The molecule has 1 rings (SSSR count). The average molecular weight is 193 g/mol. The fourth-order valence-corrected chi connectivity index (χ4v) is 1.02. The normalized spacial score (nSPS) is 10.2. The van der Waals surface area contributed by atoms with Crippen molar-refractivity contribution >= 4 is 5.82 Å². The first-order chi connectivity index (χ1) is 6.63. The Labute approximate surface area is 83.1 Å². The van der Waals surface area contributed by atoms with Gasteiger partial charge in [-0.25, -0.2) is 4.98 Å². The van der Waals surface area contributed by atoms with Gasteiger partial charge in [0.1, 0.15) is 11.6 Å². The lowest BCUT2D eigenvalue weighted by molar-refractivity contribution is 0.767. The highest BCUT2D eigenvalue weighted by Gasteiger charge is 2.03. The minimum absolute atomic E-state index is 0.129. The molecule has 0 aliphatic rings. The smallest absolute Gasteiger partial charge is 0.252 e. The molecule has 1 aromatic heterocycles. The Balaban J connectivity index is 2.95. The predicted molar refractivity (Wildman–Crippen MR) is 57.6 cm³/mol. The molecular weight excluding hydrogens is 178 g/mol. The van der Waals surface area contributed by atoms with Gasteiger partial charge in [-0.2, -0.15) is 0 Å². The van der Waals surface area contributed by atoms with Crippen molar-refractivity contribution in [2.45, 2.75) is 19.8 Å². The molecule has 4 nitrogen and oxygen atoms in total. The average Bonchev–Trinajstić information content (AvgIpc) is 2.14.